The summed E-state index contributed by atoms with van der Waals surface area (Å²) in [4.78, 5) is 10.2. The first-order chi connectivity index (χ1) is 4.22. The Morgan fingerprint density at radius 3 is 2.22 bits per heavy atom. The van der Waals surface area contributed by atoms with Crippen LogP contribution in [0.2, 0.25) is 0 Å². The topological polar surface area (TPSA) is 17.1 Å². The Hall–Kier alpha value is -0.850. The Kier molecular flexibility index (Phi) is 3.69. The van der Waals surface area contributed by atoms with Crippen LogP contribution in [0.25, 0.3) is 0 Å². The van der Waals surface area contributed by atoms with Crippen molar-refractivity contribution >= 4 is 6.29 Å². The zero-order valence-electron chi connectivity index (χ0n) is 5.98. The van der Waals surface area contributed by atoms with E-state index in [0.29, 0.717) is 6.42 Å². The average Bonchev–Trinajstić information content (AvgIpc) is 1.82. The Bertz CT molecular complexity index is 139. The summed E-state index contributed by atoms with van der Waals surface area (Å²) in [6.07, 6.45) is 3.31. The highest BCUT2D eigenvalue weighted by molar-refractivity contribution is 5.74. The van der Waals surface area contributed by atoms with E-state index < -0.39 is 0 Å². The SMILES string of the molecule is C=CCC(C=O)=C(C)C. The fraction of sp³-hybridized carbons (Fsp3) is 0.375. The first kappa shape index (κ1) is 8.15. The molecule has 0 heterocycles. The summed E-state index contributed by atoms with van der Waals surface area (Å²) in [5.41, 5.74) is 1.91. The molecule has 0 N–H and O–H groups in total. The second kappa shape index (κ2) is 4.07. The van der Waals surface area contributed by atoms with Crippen LogP contribution >= 0.6 is 0 Å². The van der Waals surface area contributed by atoms with Gasteiger partial charge in [-0.3, -0.25) is 4.79 Å². The molecule has 0 aromatic rings. The van der Waals surface area contributed by atoms with Crippen molar-refractivity contribution in [2.75, 3.05) is 0 Å². The Morgan fingerprint density at radius 1 is 1.56 bits per heavy atom. The van der Waals surface area contributed by atoms with Gasteiger partial charge in [0.25, 0.3) is 0 Å². The third kappa shape index (κ3) is 2.85. The molecule has 50 valence electrons. The molecule has 0 amide bonds. The Balaban J connectivity index is 4.14. The smallest absolute Gasteiger partial charge is 0.146 e. The summed E-state index contributed by atoms with van der Waals surface area (Å²) in [7, 11) is 0. The molecule has 0 atom stereocenters. The number of rotatable bonds is 3. The minimum atomic E-state index is 0.686. The van der Waals surface area contributed by atoms with Gasteiger partial charge in [0.15, 0.2) is 0 Å². The summed E-state index contributed by atoms with van der Waals surface area (Å²) in [5.74, 6) is 0. The van der Waals surface area contributed by atoms with E-state index in [-0.39, 0.29) is 0 Å². The van der Waals surface area contributed by atoms with Crippen LogP contribution in [0.5, 0.6) is 0 Å². The van der Waals surface area contributed by atoms with Gasteiger partial charge < -0.3 is 0 Å². The fourth-order valence-corrected chi connectivity index (χ4v) is 0.526. The minimum absolute atomic E-state index is 0.686. The molecule has 0 bridgehead atoms. The van der Waals surface area contributed by atoms with Gasteiger partial charge in [-0.2, -0.15) is 0 Å². The molecule has 0 saturated carbocycles. The zero-order valence-corrected chi connectivity index (χ0v) is 5.98. The van der Waals surface area contributed by atoms with Crippen molar-refractivity contribution in [2.45, 2.75) is 20.3 Å². The molecule has 9 heavy (non-hydrogen) atoms. The van der Waals surface area contributed by atoms with Gasteiger partial charge in [0.05, 0.1) is 0 Å². The number of allylic oxidation sites excluding steroid dienone is 3. The van der Waals surface area contributed by atoms with Crippen molar-refractivity contribution in [3.8, 4) is 0 Å². The molecule has 1 nitrogen and oxygen atoms in total. The standard InChI is InChI=1S/C8H12O/c1-4-5-8(6-9)7(2)3/h4,6H,1,5H2,2-3H3. The van der Waals surface area contributed by atoms with E-state index >= 15 is 0 Å². The highest BCUT2D eigenvalue weighted by Gasteiger charge is 1.91. The van der Waals surface area contributed by atoms with Crippen LogP contribution in [0.4, 0.5) is 0 Å². The van der Waals surface area contributed by atoms with Crippen LogP contribution in [-0.4, -0.2) is 6.29 Å². The zero-order chi connectivity index (χ0) is 7.28. The van der Waals surface area contributed by atoms with Gasteiger partial charge >= 0.3 is 0 Å². The second-order valence-corrected chi connectivity index (χ2v) is 2.14. The molecule has 0 aromatic heterocycles. The molecule has 0 saturated heterocycles. The lowest BCUT2D eigenvalue weighted by atomic mass is 10.1. The summed E-state index contributed by atoms with van der Waals surface area (Å²) in [6, 6.07) is 0. The molecule has 0 rings (SSSR count). The van der Waals surface area contributed by atoms with Crippen molar-refractivity contribution in [2.24, 2.45) is 0 Å². The third-order valence-electron chi connectivity index (χ3n) is 1.15. The fourth-order valence-electron chi connectivity index (χ4n) is 0.526. The first-order valence-corrected chi connectivity index (χ1v) is 2.94. The van der Waals surface area contributed by atoms with Crippen molar-refractivity contribution in [3.05, 3.63) is 23.8 Å². The van der Waals surface area contributed by atoms with E-state index in [1.807, 2.05) is 13.8 Å². The molecule has 1 heteroatoms. The largest absolute Gasteiger partial charge is 0.298 e. The summed E-state index contributed by atoms with van der Waals surface area (Å²) >= 11 is 0. The maximum absolute atomic E-state index is 10.2. The lowest BCUT2D eigenvalue weighted by molar-refractivity contribution is -0.105. The molecule has 0 radical (unpaired) electrons. The highest BCUT2D eigenvalue weighted by atomic mass is 16.1. The Morgan fingerprint density at radius 2 is 2.11 bits per heavy atom. The molecule has 0 aliphatic heterocycles. The number of carbonyl (C=O) groups is 1. The second-order valence-electron chi connectivity index (χ2n) is 2.14. The lowest BCUT2D eigenvalue weighted by Crippen LogP contribution is -1.84. The predicted octanol–water partition coefficient (Wildman–Crippen LogP) is 2.10. The number of carbonyl (C=O) groups excluding carboxylic acids is 1. The average molecular weight is 124 g/mol. The van der Waals surface area contributed by atoms with Crippen molar-refractivity contribution in [1.82, 2.24) is 0 Å². The molecule has 0 fully saturated rings. The van der Waals surface area contributed by atoms with Crippen molar-refractivity contribution < 1.29 is 4.79 Å². The molecular weight excluding hydrogens is 112 g/mol. The van der Waals surface area contributed by atoms with Gasteiger partial charge in [-0.25, -0.2) is 0 Å². The highest BCUT2D eigenvalue weighted by Crippen LogP contribution is 2.04. The van der Waals surface area contributed by atoms with Gasteiger partial charge in [-0.1, -0.05) is 11.6 Å². The summed E-state index contributed by atoms with van der Waals surface area (Å²) in [6.45, 7) is 7.39. The van der Waals surface area contributed by atoms with Crippen LogP contribution in [-0.2, 0) is 4.79 Å². The monoisotopic (exact) mass is 124 g/mol. The number of hydrogen-bond donors (Lipinski definition) is 0. The van der Waals surface area contributed by atoms with E-state index in [2.05, 4.69) is 6.58 Å². The number of aldehydes is 1. The summed E-state index contributed by atoms with van der Waals surface area (Å²) in [5, 5.41) is 0. The summed E-state index contributed by atoms with van der Waals surface area (Å²) < 4.78 is 0. The van der Waals surface area contributed by atoms with Crippen LogP contribution in [0.1, 0.15) is 20.3 Å². The van der Waals surface area contributed by atoms with Crippen LogP contribution in [0, 0.1) is 0 Å². The van der Waals surface area contributed by atoms with Crippen molar-refractivity contribution in [3.63, 3.8) is 0 Å². The van der Waals surface area contributed by atoms with E-state index in [9.17, 15) is 4.79 Å². The first-order valence-electron chi connectivity index (χ1n) is 2.94. The number of hydrogen-bond acceptors (Lipinski definition) is 1. The van der Waals surface area contributed by atoms with Crippen LogP contribution < -0.4 is 0 Å². The van der Waals surface area contributed by atoms with Gasteiger partial charge in [0.2, 0.25) is 0 Å². The molecule has 0 aliphatic carbocycles. The van der Waals surface area contributed by atoms with Crippen LogP contribution in [0.15, 0.2) is 23.8 Å². The van der Waals surface area contributed by atoms with E-state index in [1.165, 1.54) is 0 Å². The van der Waals surface area contributed by atoms with Gasteiger partial charge in [0, 0.05) is 0 Å². The molecule has 0 unspecified atom stereocenters. The maximum Gasteiger partial charge on any atom is 0.146 e. The quantitative estimate of drug-likeness (QED) is 0.320. The lowest BCUT2D eigenvalue weighted by Gasteiger charge is -1.94. The van der Waals surface area contributed by atoms with Gasteiger partial charge in [-0.05, 0) is 25.8 Å². The van der Waals surface area contributed by atoms with E-state index in [4.69, 9.17) is 0 Å². The molecule has 0 aliphatic rings. The molecule has 0 aromatic carbocycles. The van der Waals surface area contributed by atoms with Gasteiger partial charge in [-0.15, -0.1) is 6.58 Å². The maximum atomic E-state index is 10.2. The molecule has 0 spiro atoms. The minimum Gasteiger partial charge on any atom is -0.298 e. The van der Waals surface area contributed by atoms with E-state index in [1.54, 1.807) is 6.08 Å². The van der Waals surface area contributed by atoms with Crippen molar-refractivity contribution in [1.29, 1.82) is 0 Å². The normalized spacial score (nSPS) is 8.22. The predicted molar refractivity (Wildman–Crippen MR) is 39.3 cm³/mol. The van der Waals surface area contributed by atoms with Crippen LogP contribution in [0.3, 0.4) is 0 Å². The van der Waals surface area contributed by atoms with E-state index in [0.717, 1.165) is 17.4 Å². The third-order valence-corrected chi connectivity index (χ3v) is 1.15. The van der Waals surface area contributed by atoms with Gasteiger partial charge in [0.1, 0.15) is 6.29 Å². The Labute approximate surface area is 56.1 Å². The molecular formula is C8H12O.